The number of rotatable bonds is 4. The van der Waals surface area contributed by atoms with Crippen molar-refractivity contribution in [2.24, 2.45) is 5.84 Å². The number of hydrogen-bond acceptors (Lipinski definition) is 5. The zero-order chi connectivity index (χ0) is 13.8. The van der Waals surface area contributed by atoms with Crippen LogP contribution in [0.2, 0.25) is 0 Å². The molecule has 0 spiro atoms. The minimum absolute atomic E-state index is 0.283. The maximum atomic E-state index is 11.7. The van der Waals surface area contributed by atoms with Gasteiger partial charge in [0.15, 0.2) is 0 Å². The van der Waals surface area contributed by atoms with Crippen LogP contribution in [0.1, 0.15) is 20.9 Å². The molecule has 100 valence electrons. The lowest BCUT2D eigenvalue weighted by molar-refractivity contribution is 0.0952. The number of carbonyl (C=O) groups is 1. The number of methoxy groups -OCH3 is 1. The van der Waals surface area contributed by atoms with E-state index in [1.54, 1.807) is 7.11 Å². The van der Waals surface area contributed by atoms with Gasteiger partial charge in [0.1, 0.15) is 9.88 Å². The SMILES string of the molecule is COCc1nc(-c2ccccc2C)sc1C(=O)NN. The molecule has 2 rings (SSSR count). The first-order chi connectivity index (χ1) is 9.17. The highest BCUT2D eigenvalue weighted by Crippen LogP contribution is 2.30. The van der Waals surface area contributed by atoms with Crippen LogP contribution in [0, 0.1) is 6.92 Å². The third-order valence-corrected chi connectivity index (χ3v) is 3.82. The summed E-state index contributed by atoms with van der Waals surface area (Å²) in [4.78, 5) is 16.7. The molecule has 19 heavy (non-hydrogen) atoms. The molecule has 1 aromatic heterocycles. The van der Waals surface area contributed by atoms with Crippen LogP contribution in [0.25, 0.3) is 10.6 Å². The molecule has 3 N–H and O–H groups in total. The lowest BCUT2D eigenvalue weighted by Crippen LogP contribution is -2.30. The van der Waals surface area contributed by atoms with Gasteiger partial charge in [-0.05, 0) is 12.5 Å². The molecular weight excluding hydrogens is 262 g/mol. The van der Waals surface area contributed by atoms with Crippen molar-refractivity contribution in [3.05, 3.63) is 40.4 Å². The predicted octanol–water partition coefficient (Wildman–Crippen LogP) is 1.87. The molecule has 0 bridgehead atoms. The Hall–Kier alpha value is -1.76. The average molecular weight is 277 g/mol. The van der Waals surface area contributed by atoms with E-state index in [2.05, 4.69) is 10.4 Å². The van der Waals surface area contributed by atoms with Gasteiger partial charge in [0.25, 0.3) is 5.91 Å². The van der Waals surface area contributed by atoms with Gasteiger partial charge in [-0.15, -0.1) is 11.3 Å². The number of carbonyl (C=O) groups excluding carboxylic acids is 1. The number of nitrogens with zero attached hydrogens (tertiary/aromatic N) is 1. The van der Waals surface area contributed by atoms with Gasteiger partial charge in [-0.2, -0.15) is 0 Å². The fourth-order valence-corrected chi connectivity index (χ4v) is 2.82. The Morgan fingerprint density at radius 1 is 1.47 bits per heavy atom. The molecule has 2 aromatic rings. The third-order valence-electron chi connectivity index (χ3n) is 2.69. The summed E-state index contributed by atoms with van der Waals surface area (Å²) in [5, 5.41) is 0.795. The summed E-state index contributed by atoms with van der Waals surface area (Å²) in [6.45, 7) is 2.29. The number of aromatic nitrogens is 1. The zero-order valence-corrected chi connectivity index (χ0v) is 11.6. The molecule has 0 atom stereocenters. The number of thiazole rings is 1. The highest BCUT2D eigenvalue weighted by atomic mass is 32.1. The number of hydrogen-bond donors (Lipinski definition) is 2. The second kappa shape index (κ2) is 5.92. The first-order valence-corrected chi connectivity index (χ1v) is 6.54. The van der Waals surface area contributed by atoms with Gasteiger partial charge in [-0.3, -0.25) is 10.2 Å². The maximum Gasteiger partial charge on any atom is 0.277 e. The molecule has 6 heteroatoms. The molecule has 5 nitrogen and oxygen atoms in total. The highest BCUT2D eigenvalue weighted by Gasteiger charge is 2.18. The van der Waals surface area contributed by atoms with Gasteiger partial charge in [-0.1, -0.05) is 24.3 Å². The number of nitrogen functional groups attached to an aromatic ring is 1. The van der Waals surface area contributed by atoms with Crippen molar-refractivity contribution in [3.63, 3.8) is 0 Å². The molecular formula is C13H15N3O2S. The van der Waals surface area contributed by atoms with Crippen molar-refractivity contribution >= 4 is 17.2 Å². The minimum Gasteiger partial charge on any atom is -0.378 e. The molecule has 0 radical (unpaired) electrons. The second-order valence-electron chi connectivity index (χ2n) is 4.02. The monoisotopic (exact) mass is 277 g/mol. The number of aryl methyl sites for hydroxylation is 1. The van der Waals surface area contributed by atoms with Crippen LogP contribution in [-0.2, 0) is 11.3 Å². The topological polar surface area (TPSA) is 77.2 Å². The largest absolute Gasteiger partial charge is 0.378 e. The van der Waals surface area contributed by atoms with Crippen molar-refractivity contribution < 1.29 is 9.53 Å². The lowest BCUT2D eigenvalue weighted by atomic mass is 10.1. The fourth-order valence-electron chi connectivity index (χ4n) is 1.76. The van der Waals surface area contributed by atoms with E-state index < -0.39 is 0 Å². The van der Waals surface area contributed by atoms with Crippen molar-refractivity contribution in [3.8, 4) is 10.6 Å². The molecule has 1 aromatic carbocycles. The minimum atomic E-state index is -0.343. The van der Waals surface area contributed by atoms with E-state index in [0.717, 1.165) is 16.1 Å². The summed E-state index contributed by atoms with van der Waals surface area (Å²) in [6.07, 6.45) is 0. The van der Waals surface area contributed by atoms with Gasteiger partial charge in [0.05, 0.1) is 12.3 Å². The average Bonchev–Trinajstić information content (AvgIpc) is 2.83. The second-order valence-corrected chi connectivity index (χ2v) is 5.02. The van der Waals surface area contributed by atoms with E-state index in [4.69, 9.17) is 10.6 Å². The third kappa shape index (κ3) is 2.81. The quantitative estimate of drug-likeness (QED) is 0.508. The smallest absolute Gasteiger partial charge is 0.277 e. The number of benzene rings is 1. The van der Waals surface area contributed by atoms with Crippen LogP contribution < -0.4 is 11.3 Å². The molecule has 1 amide bonds. The van der Waals surface area contributed by atoms with Crippen LogP contribution in [0.5, 0.6) is 0 Å². The van der Waals surface area contributed by atoms with Gasteiger partial charge >= 0.3 is 0 Å². The fraction of sp³-hybridized carbons (Fsp3) is 0.231. The number of nitrogens with one attached hydrogen (secondary N) is 1. The Bertz CT molecular complexity index is 595. The van der Waals surface area contributed by atoms with Gasteiger partial charge in [0.2, 0.25) is 0 Å². The molecule has 0 aliphatic rings. The molecule has 1 heterocycles. The van der Waals surface area contributed by atoms with E-state index in [0.29, 0.717) is 10.6 Å². The van der Waals surface area contributed by atoms with Crippen molar-refractivity contribution in [1.82, 2.24) is 10.4 Å². The van der Waals surface area contributed by atoms with Crippen molar-refractivity contribution in [2.75, 3.05) is 7.11 Å². The summed E-state index contributed by atoms with van der Waals surface area (Å²) in [5.41, 5.74) is 4.87. The standard InChI is InChI=1S/C13H15N3O2S/c1-8-5-3-4-6-9(8)13-15-10(7-18-2)11(19-13)12(17)16-14/h3-6H,7,14H2,1-2H3,(H,16,17). The Labute approximate surface area is 115 Å². The van der Waals surface area contributed by atoms with Crippen LogP contribution in [0.3, 0.4) is 0 Å². The predicted molar refractivity (Wildman–Crippen MR) is 74.7 cm³/mol. The Balaban J connectivity index is 2.48. The zero-order valence-electron chi connectivity index (χ0n) is 10.8. The van der Waals surface area contributed by atoms with E-state index >= 15 is 0 Å². The van der Waals surface area contributed by atoms with Crippen molar-refractivity contribution in [1.29, 1.82) is 0 Å². The Morgan fingerprint density at radius 3 is 2.84 bits per heavy atom. The summed E-state index contributed by atoms with van der Waals surface area (Å²) in [6, 6.07) is 7.91. The van der Waals surface area contributed by atoms with Gasteiger partial charge in [0, 0.05) is 12.7 Å². The molecule has 0 saturated carbocycles. The first kappa shape index (κ1) is 13.7. The van der Waals surface area contributed by atoms with Crippen LogP contribution in [0.15, 0.2) is 24.3 Å². The summed E-state index contributed by atoms with van der Waals surface area (Å²) < 4.78 is 5.07. The van der Waals surface area contributed by atoms with Gasteiger partial charge < -0.3 is 4.74 Å². The highest BCUT2D eigenvalue weighted by molar-refractivity contribution is 7.17. The van der Waals surface area contributed by atoms with Crippen LogP contribution >= 0.6 is 11.3 Å². The Kier molecular flexibility index (Phi) is 4.26. The van der Waals surface area contributed by atoms with Crippen molar-refractivity contribution in [2.45, 2.75) is 13.5 Å². The summed E-state index contributed by atoms with van der Waals surface area (Å²) in [5.74, 6) is 4.84. The molecule has 0 aliphatic heterocycles. The number of ether oxygens (including phenoxy) is 1. The molecule has 0 unspecified atom stereocenters. The summed E-state index contributed by atoms with van der Waals surface area (Å²) >= 11 is 1.32. The molecule has 0 aliphatic carbocycles. The molecule has 0 saturated heterocycles. The number of hydrazine groups is 1. The Morgan fingerprint density at radius 2 is 2.21 bits per heavy atom. The van der Waals surface area contributed by atoms with E-state index in [9.17, 15) is 4.79 Å². The van der Waals surface area contributed by atoms with E-state index in [1.807, 2.05) is 31.2 Å². The van der Waals surface area contributed by atoms with Gasteiger partial charge in [-0.25, -0.2) is 10.8 Å². The normalized spacial score (nSPS) is 10.5. The maximum absolute atomic E-state index is 11.7. The van der Waals surface area contributed by atoms with Crippen LogP contribution in [0.4, 0.5) is 0 Å². The van der Waals surface area contributed by atoms with E-state index in [-0.39, 0.29) is 12.5 Å². The lowest BCUT2D eigenvalue weighted by Gasteiger charge is -2.00. The number of amides is 1. The number of nitrogens with two attached hydrogens (primary N) is 1. The molecule has 0 fully saturated rings. The summed E-state index contributed by atoms with van der Waals surface area (Å²) in [7, 11) is 1.57. The van der Waals surface area contributed by atoms with E-state index in [1.165, 1.54) is 11.3 Å². The first-order valence-electron chi connectivity index (χ1n) is 5.73. The van der Waals surface area contributed by atoms with Crippen LogP contribution in [-0.4, -0.2) is 18.0 Å².